The van der Waals surface area contributed by atoms with E-state index in [1.807, 2.05) is 56.3 Å². The molecule has 2 heteroatoms. The van der Waals surface area contributed by atoms with Gasteiger partial charge in [-0.3, -0.25) is 0 Å². The first-order valence-electron chi connectivity index (χ1n) is 7.48. The van der Waals surface area contributed by atoms with E-state index in [0.29, 0.717) is 11.5 Å². The molecule has 0 aliphatic rings. The number of ether oxygens (including phenoxy) is 1. The van der Waals surface area contributed by atoms with Gasteiger partial charge in [0.25, 0.3) is 0 Å². The van der Waals surface area contributed by atoms with Crippen molar-refractivity contribution in [3.8, 4) is 0 Å². The van der Waals surface area contributed by atoms with Gasteiger partial charge in [0, 0.05) is 5.56 Å². The van der Waals surface area contributed by atoms with Crippen LogP contribution in [0.5, 0.6) is 0 Å². The zero-order chi connectivity index (χ0) is 15.4. The van der Waals surface area contributed by atoms with Gasteiger partial charge < -0.3 is 4.74 Å². The highest BCUT2D eigenvalue weighted by atomic mass is 19.1. The second kappa shape index (κ2) is 6.86. The summed E-state index contributed by atoms with van der Waals surface area (Å²) in [5.74, 6) is 0.141. The van der Waals surface area contributed by atoms with Crippen LogP contribution in [0.4, 0.5) is 4.39 Å². The molecule has 0 saturated heterocycles. The van der Waals surface area contributed by atoms with Crippen LogP contribution in [0.15, 0.2) is 48.5 Å². The van der Waals surface area contributed by atoms with Gasteiger partial charge in [-0.15, -0.1) is 0 Å². The summed E-state index contributed by atoms with van der Waals surface area (Å²) in [5.41, 5.74) is 2.73. The largest absolute Gasteiger partial charge is 0.366 e. The lowest BCUT2D eigenvalue weighted by Gasteiger charge is -2.21. The Morgan fingerprint density at radius 3 is 2.05 bits per heavy atom. The highest BCUT2D eigenvalue weighted by Crippen LogP contribution is 2.29. The van der Waals surface area contributed by atoms with Crippen LogP contribution in [0.25, 0.3) is 0 Å². The molecule has 0 fully saturated rings. The Bertz CT molecular complexity index is 577. The summed E-state index contributed by atoms with van der Waals surface area (Å²) < 4.78 is 20.2. The average Bonchev–Trinajstić information content (AvgIpc) is 2.47. The summed E-state index contributed by atoms with van der Waals surface area (Å²) >= 11 is 0. The van der Waals surface area contributed by atoms with Crippen LogP contribution in [-0.4, -0.2) is 0 Å². The molecule has 0 amide bonds. The van der Waals surface area contributed by atoms with Gasteiger partial charge in [-0.05, 0) is 37.0 Å². The minimum Gasteiger partial charge on any atom is -0.366 e. The first-order chi connectivity index (χ1) is 9.99. The zero-order valence-corrected chi connectivity index (χ0v) is 13.1. The number of halogens is 1. The van der Waals surface area contributed by atoms with Gasteiger partial charge in [0.15, 0.2) is 0 Å². The maximum atomic E-state index is 14.2. The maximum absolute atomic E-state index is 14.2. The minimum atomic E-state index is -0.276. The van der Waals surface area contributed by atoms with E-state index in [1.54, 1.807) is 6.07 Å². The molecule has 0 aliphatic heterocycles. The fraction of sp³-hybridized carbons (Fsp3) is 0.368. The smallest absolute Gasteiger partial charge is 0.129 e. The lowest BCUT2D eigenvalue weighted by molar-refractivity contribution is 0.00405. The Hall–Kier alpha value is -1.67. The van der Waals surface area contributed by atoms with E-state index in [1.165, 1.54) is 0 Å². The van der Waals surface area contributed by atoms with Gasteiger partial charge in [-0.25, -0.2) is 4.39 Å². The normalized spacial score (nSPS) is 14.2. The fourth-order valence-electron chi connectivity index (χ4n) is 2.41. The van der Waals surface area contributed by atoms with Crippen molar-refractivity contribution in [1.29, 1.82) is 0 Å². The van der Waals surface area contributed by atoms with Crippen LogP contribution in [0.1, 0.15) is 62.5 Å². The molecular weight excluding hydrogens is 263 g/mol. The van der Waals surface area contributed by atoms with Crippen molar-refractivity contribution in [2.75, 3.05) is 0 Å². The molecule has 2 aromatic rings. The molecule has 0 spiro atoms. The molecule has 0 radical (unpaired) electrons. The van der Waals surface area contributed by atoms with Crippen LogP contribution in [-0.2, 0) is 4.74 Å². The molecule has 21 heavy (non-hydrogen) atoms. The third kappa shape index (κ3) is 3.92. The molecule has 0 aromatic heterocycles. The summed E-state index contributed by atoms with van der Waals surface area (Å²) in [6.45, 7) is 8.01. The number of hydrogen-bond acceptors (Lipinski definition) is 1. The summed E-state index contributed by atoms with van der Waals surface area (Å²) in [7, 11) is 0. The summed E-state index contributed by atoms with van der Waals surface area (Å²) in [5, 5.41) is 0. The van der Waals surface area contributed by atoms with Crippen molar-refractivity contribution in [2.24, 2.45) is 0 Å². The highest BCUT2D eigenvalue weighted by molar-refractivity contribution is 5.28. The Morgan fingerprint density at radius 1 is 0.810 bits per heavy atom. The van der Waals surface area contributed by atoms with E-state index in [2.05, 4.69) is 13.8 Å². The minimum absolute atomic E-state index is 0.0645. The van der Waals surface area contributed by atoms with Gasteiger partial charge in [-0.1, -0.05) is 56.3 Å². The molecule has 2 aromatic carbocycles. The van der Waals surface area contributed by atoms with Crippen LogP contribution < -0.4 is 0 Å². The molecule has 0 bridgehead atoms. The van der Waals surface area contributed by atoms with Crippen LogP contribution in [0.2, 0.25) is 0 Å². The van der Waals surface area contributed by atoms with E-state index in [0.717, 1.165) is 11.1 Å². The van der Waals surface area contributed by atoms with Crippen LogP contribution >= 0.6 is 0 Å². The molecular formula is C19H23FO. The van der Waals surface area contributed by atoms with Gasteiger partial charge in [0.05, 0.1) is 12.2 Å². The second-order valence-electron chi connectivity index (χ2n) is 5.77. The van der Waals surface area contributed by atoms with Gasteiger partial charge in [-0.2, -0.15) is 0 Å². The predicted octanol–water partition coefficient (Wildman–Crippen LogP) is 5.79. The van der Waals surface area contributed by atoms with Gasteiger partial charge in [0.1, 0.15) is 5.82 Å². The summed E-state index contributed by atoms with van der Waals surface area (Å²) in [6.07, 6.45) is -0.341. The summed E-state index contributed by atoms with van der Waals surface area (Å²) in [4.78, 5) is 0. The Balaban J connectivity index is 2.12. The number of benzene rings is 2. The molecule has 2 unspecified atom stereocenters. The number of rotatable bonds is 5. The predicted molar refractivity (Wildman–Crippen MR) is 84.8 cm³/mol. The molecule has 112 valence electrons. The summed E-state index contributed by atoms with van der Waals surface area (Å²) in [6, 6.07) is 15.4. The van der Waals surface area contributed by atoms with Crippen molar-refractivity contribution in [3.05, 3.63) is 71.0 Å². The van der Waals surface area contributed by atoms with Gasteiger partial charge in [0.2, 0.25) is 0 Å². The average molecular weight is 286 g/mol. The van der Waals surface area contributed by atoms with Crippen molar-refractivity contribution in [3.63, 3.8) is 0 Å². The third-order valence-electron chi connectivity index (χ3n) is 3.81. The van der Waals surface area contributed by atoms with E-state index >= 15 is 0 Å². The van der Waals surface area contributed by atoms with Crippen molar-refractivity contribution < 1.29 is 9.13 Å². The monoisotopic (exact) mass is 286 g/mol. The standard InChI is InChI=1S/C19H23FO/c1-13(2)17-10-11-18(19(20)12-17)15(4)21-14(3)16-8-6-5-7-9-16/h5-15H,1-4H3. The van der Waals surface area contributed by atoms with E-state index in [9.17, 15) is 4.39 Å². The quantitative estimate of drug-likeness (QED) is 0.676. The van der Waals surface area contributed by atoms with Crippen LogP contribution in [0, 0.1) is 5.82 Å². The molecule has 2 rings (SSSR count). The molecule has 2 atom stereocenters. The topological polar surface area (TPSA) is 9.23 Å². The van der Waals surface area contributed by atoms with Crippen molar-refractivity contribution in [2.45, 2.75) is 45.8 Å². The Morgan fingerprint density at radius 2 is 1.48 bits per heavy atom. The molecule has 0 saturated carbocycles. The lowest BCUT2D eigenvalue weighted by Crippen LogP contribution is -2.07. The van der Waals surface area contributed by atoms with E-state index in [-0.39, 0.29) is 18.0 Å². The SMILES string of the molecule is CC(C)c1ccc(C(C)OC(C)c2ccccc2)c(F)c1. The first kappa shape index (κ1) is 15.7. The van der Waals surface area contributed by atoms with Crippen molar-refractivity contribution in [1.82, 2.24) is 0 Å². The Kier molecular flexibility index (Phi) is 5.13. The maximum Gasteiger partial charge on any atom is 0.129 e. The van der Waals surface area contributed by atoms with E-state index in [4.69, 9.17) is 4.74 Å². The highest BCUT2D eigenvalue weighted by Gasteiger charge is 2.16. The van der Waals surface area contributed by atoms with Crippen LogP contribution in [0.3, 0.4) is 0 Å². The van der Waals surface area contributed by atoms with Gasteiger partial charge >= 0.3 is 0 Å². The molecule has 0 aliphatic carbocycles. The molecule has 0 N–H and O–H groups in total. The lowest BCUT2D eigenvalue weighted by atomic mass is 9.99. The Labute approximate surface area is 126 Å². The molecule has 0 heterocycles. The number of hydrogen-bond donors (Lipinski definition) is 0. The third-order valence-corrected chi connectivity index (χ3v) is 3.81. The zero-order valence-electron chi connectivity index (χ0n) is 13.1. The van der Waals surface area contributed by atoms with Crippen molar-refractivity contribution >= 4 is 0 Å². The molecule has 1 nitrogen and oxygen atoms in total. The second-order valence-corrected chi connectivity index (χ2v) is 5.77. The first-order valence-corrected chi connectivity index (χ1v) is 7.48. The van der Waals surface area contributed by atoms with E-state index < -0.39 is 0 Å². The fourth-order valence-corrected chi connectivity index (χ4v) is 2.41.